The van der Waals surface area contributed by atoms with Crippen LogP contribution in [0.4, 0.5) is 0 Å². The van der Waals surface area contributed by atoms with Gasteiger partial charge in [0.05, 0.1) is 0 Å². The number of thioether (sulfide) groups is 1. The molecular formula is C5H8ClN3S. The smallest absolute Gasteiger partial charge is 0.185 e. The van der Waals surface area contributed by atoms with Gasteiger partial charge in [0, 0.05) is 18.7 Å². The van der Waals surface area contributed by atoms with Gasteiger partial charge in [0.25, 0.3) is 0 Å². The first-order valence-electron chi connectivity index (χ1n) is 2.87. The second-order valence-electron chi connectivity index (χ2n) is 1.70. The molecule has 1 aromatic heterocycles. The summed E-state index contributed by atoms with van der Waals surface area (Å²) in [6.07, 6.45) is 1.54. The lowest BCUT2D eigenvalue weighted by Gasteiger charge is -1.94. The van der Waals surface area contributed by atoms with Crippen molar-refractivity contribution < 1.29 is 0 Å². The molecule has 0 spiro atoms. The number of alkyl halides is 1. The lowest BCUT2D eigenvalue weighted by atomic mass is 11.0. The molecule has 56 valence electrons. The van der Waals surface area contributed by atoms with Gasteiger partial charge in [0.2, 0.25) is 0 Å². The van der Waals surface area contributed by atoms with Gasteiger partial charge in [-0.05, 0) is 0 Å². The molecule has 0 saturated carbocycles. The minimum Gasteiger partial charge on any atom is -0.244 e. The molecule has 3 nitrogen and oxygen atoms in total. The number of aryl methyl sites for hydroxylation is 1. The molecule has 10 heavy (non-hydrogen) atoms. The molecule has 0 radical (unpaired) electrons. The number of halogens is 1. The van der Waals surface area contributed by atoms with E-state index in [0.717, 1.165) is 10.9 Å². The summed E-state index contributed by atoms with van der Waals surface area (Å²) in [5.74, 6) is 1.53. The average Bonchev–Trinajstić information content (AvgIpc) is 2.31. The highest BCUT2D eigenvalue weighted by Crippen LogP contribution is 2.12. The second kappa shape index (κ2) is 3.83. The molecular weight excluding hydrogens is 170 g/mol. The van der Waals surface area contributed by atoms with Crippen molar-refractivity contribution >= 4 is 23.4 Å². The molecule has 0 atom stereocenters. The van der Waals surface area contributed by atoms with E-state index in [2.05, 4.69) is 10.1 Å². The quantitative estimate of drug-likeness (QED) is 0.513. The largest absolute Gasteiger partial charge is 0.244 e. The van der Waals surface area contributed by atoms with Crippen molar-refractivity contribution in [3.63, 3.8) is 0 Å². The van der Waals surface area contributed by atoms with Crippen LogP contribution in [0.25, 0.3) is 0 Å². The van der Waals surface area contributed by atoms with Crippen molar-refractivity contribution in [2.75, 3.05) is 11.6 Å². The first-order valence-corrected chi connectivity index (χ1v) is 4.39. The summed E-state index contributed by atoms with van der Waals surface area (Å²) in [6, 6.07) is 0. The minimum atomic E-state index is 0.650. The Labute approximate surface area is 68.8 Å². The van der Waals surface area contributed by atoms with Gasteiger partial charge in [0.15, 0.2) is 5.16 Å². The molecule has 0 aliphatic carbocycles. The highest BCUT2D eigenvalue weighted by atomic mass is 35.5. The van der Waals surface area contributed by atoms with E-state index in [0.29, 0.717) is 5.88 Å². The topological polar surface area (TPSA) is 30.7 Å². The second-order valence-corrected chi connectivity index (χ2v) is 3.14. The number of hydrogen-bond acceptors (Lipinski definition) is 3. The van der Waals surface area contributed by atoms with Crippen LogP contribution in [0, 0.1) is 0 Å². The van der Waals surface area contributed by atoms with E-state index >= 15 is 0 Å². The van der Waals surface area contributed by atoms with Crippen molar-refractivity contribution in [2.24, 2.45) is 7.05 Å². The summed E-state index contributed by atoms with van der Waals surface area (Å²) < 4.78 is 1.73. The molecule has 0 bridgehead atoms. The molecule has 0 saturated heterocycles. The van der Waals surface area contributed by atoms with Gasteiger partial charge >= 0.3 is 0 Å². The summed E-state index contributed by atoms with van der Waals surface area (Å²) in [4.78, 5) is 4.01. The van der Waals surface area contributed by atoms with Crippen LogP contribution in [0.3, 0.4) is 0 Å². The van der Waals surface area contributed by atoms with E-state index in [1.165, 1.54) is 6.33 Å². The van der Waals surface area contributed by atoms with Gasteiger partial charge < -0.3 is 0 Å². The molecule has 0 aliphatic heterocycles. The van der Waals surface area contributed by atoms with Crippen LogP contribution in [0.5, 0.6) is 0 Å². The SMILES string of the molecule is Cn1ncnc1SCCCl. The normalized spacial score (nSPS) is 10.2. The zero-order valence-corrected chi connectivity index (χ0v) is 7.19. The third-order valence-electron chi connectivity index (χ3n) is 0.978. The predicted molar refractivity (Wildman–Crippen MR) is 42.4 cm³/mol. The maximum atomic E-state index is 5.49. The molecule has 0 fully saturated rings. The summed E-state index contributed by atoms with van der Waals surface area (Å²) in [6.45, 7) is 0. The van der Waals surface area contributed by atoms with Gasteiger partial charge in [-0.1, -0.05) is 11.8 Å². The summed E-state index contributed by atoms with van der Waals surface area (Å²) >= 11 is 7.10. The molecule has 0 amide bonds. The number of rotatable bonds is 3. The Bertz CT molecular complexity index is 201. The third-order valence-corrected chi connectivity index (χ3v) is 2.43. The fourth-order valence-electron chi connectivity index (χ4n) is 0.546. The highest BCUT2D eigenvalue weighted by molar-refractivity contribution is 7.99. The van der Waals surface area contributed by atoms with Gasteiger partial charge in [0.1, 0.15) is 6.33 Å². The molecule has 1 aromatic rings. The molecule has 1 rings (SSSR count). The number of aromatic nitrogens is 3. The van der Waals surface area contributed by atoms with Gasteiger partial charge in [-0.2, -0.15) is 5.10 Å². The Balaban J connectivity index is 2.49. The monoisotopic (exact) mass is 177 g/mol. The molecule has 0 aliphatic rings. The number of hydrogen-bond donors (Lipinski definition) is 0. The first-order chi connectivity index (χ1) is 4.84. The van der Waals surface area contributed by atoms with Crippen molar-refractivity contribution in [3.05, 3.63) is 6.33 Å². The van der Waals surface area contributed by atoms with Crippen molar-refractivity contribution in [1.29, 1.82) is 0 Å². The average molecular weight is 178 g/mol. The molecule has 0 unspecified atom stereocenters. The summed E-state index contributed by atoms with van der Waals surface area (Å²) in [7, 11) is 1.86. The Morgan fingerprint density at radius 2 is 2.60 bits per heavy atom. The van der Waals surface area contributed by atoms with Crippen LogP contribution >= 0.6 is 23.4 Å². The van der Waals surface area contributed by atoms with Gasteiger partial charge in [-0.3, -0.25) is 0 Å². The molecule has 0 aromatic carbocycles. The van der Waals surface area contributed by atoms with Gasteiger partial charge in [-0.25, -0.2) is 9.67 Å². The van der Waals surface area contributed by atoms with Crippen molar-refractivity contribution in [2.45, 2.75) is 5.16 Å². The Morgan fingerprint density at radius 3 is 3.10 bits per heavy atom. The van der Waals surface area contributed by atoms with Crippen LogP contribution in [0.2, 0.25) is 0 Å². The maximum Gasteiger partial charge on any atom is 0.185 e. The standard InChI is InChI=1S/C5H8ClN3S/c1-9-5(7-4-8-9)10-3-2-6/h4H,2-3H2,1H3. The summed E-state index contributed by atoms with van der Waals surface area (Å²) in [5.41, 5.74) is 0. The van der Waals surface area contributed by atoms with Crippen LogP contribution in [0.15, 0.2) is 11.5 Å². The zero-order valence-electron chi connectivity index (χ0n) is 5.62. The van der Waals surface area contributed by atoms with E-state index in [1.54, 1.807) is 16.4 Å². The Morgan fingerprint density at radius 1 is 1.80 bits per heavy atom. The van der Waals surface area contributed by atoms with Crippen molar-refractivity contribution in [3.8, 4) is 0 Å². The highest BCUT2D eigenvalue weighted by Gasteiger charge is 1.98. The summed E-state index contributed by atoms with van der Waals surface area (Å²) in [5, 5.41) is 4.83. The van der Waals surface area contributed by atoms with Gasteiger partial charge in [-0.15, -0.1) is 11.6 Å². The van der Waals surface area contributed by atoms with Crippen LogP contribution in [-0.4, -0.2) is 26.4 Å². The minimum absolute atomic E-state index is 0.650. The Hall–Kier alpha value is -0.220. The maximum absolute atomic E-state index is 5.49. The molecule has 5 heteroatoms. The van der Waals surface area contributed by atoms with E-state index < -0.39 is 0 Å². The van der Waals surface area contributed by atoms with E-state index in [1.807, 2.05) is 7.05 Å². The Kier molecular flexibility index (Phi) is 3.02. The fraction of sp³-hybridized carbons (Fsp3) is 0.600. The van der Waals surface area contributed by atoms with E-state index in [4.69, 9.17) is 11.6 Å². The molecule has 0 N–H and O–H groups in total. The number of nitrogens with zero attached hydrogens (tertiary/aromatic N) is 3. The third kappa shape index (κ3) is 1.88. The predicted octanol–water partition coefficient (Wildman–Crippen LogP) is 1.15. The van der Waals surface area contributed by atoms with Crippen LogP contribution in [-0.2, 0) is 7.05 Å². The molecule has 1 heterocycles. The lowest BCUT2D eigenvalue weighted by Crippen LogP contribution is -1.93. The fourth-order valence-corrected chi connectivity index (χ4v) is 1.39. The van der Waals surface area contributed by atoms with Crippen LogP contribution in [0.1, 0.15) is 0 Å². The van der Waals surface area contributed by atoms with Crippen molar-refractivity contribution in [1.82, 2.24) is 14.8 Å². The van der Waals surface area contributed by atoms with E-state index in [9.17, 15) is 0 Å². The zero-order chi connectivity index (χ0) is 7.40. The lowest BCUT2D eigenvalue weighted by molar-refractivity contribution is 0.685. The van der Waals surface area contributed by atoms with E-state index in [-0.39, 0.29) is 0 Å². The first kappa shape index (κ1) is 7.88. The van der Waals surface area contributed by atoms with Crippen LogP contribution < -0.4 is 0 Å².